The van der Waals surface area contributed by atoms with Gasteiger partial charge in [-0.05, 0) is 127 Å². The van der Waals surface area contributed by atoms with E-state index in [2.05, 4.69) is 18.4 Å². The zero-order chi connectivity index (χ0) is 30.7. The number of hydrogen-bond acceptors (Lipinski definition) is 6. The number of carbonyl (C=O) groups excluding carboxylic acids is 1. The van der Waals surface area contributed by atoms with Crippen molar-refractivity contribution in [2.75, 3.05) is 33.0 Å². The Morgan fingerprint density at radius 3 is 1.93 bits per heavy atom. The van der Waals surface area contributed by atoms with Crippen molar-refractivity contribution in [2.45, 2.75) is 153 Å². The highest BCUT2D eigenvalue weighted by Crippen LogP contribution is 2.43. The molecule has 0 radical (unpaired) electrons. The minimum absolute atomic E-state index is 0.0515. The van der Waals surface area contributed by atoms with Crippen LogP contribution in [0.5, 0.6) is 0 Å². The predicted molar refractivity (Wildman–Crippen MR) is 175 cm³/mol. The monoisotopic (exact) mass is 614 g/mol. The Morgan fingerprint density at radius 2 is 1.23 bits per heavy atom. The van der Waals surface area contributed by atoms with Gasteiger partial charge >= 0.3 is 5.97 Å². The van der Waals surface area contributed by atoms with Crippen LogP contribution in [0.1, 0.15) is 135 Å². The van der Waals surface area contributed by atoms with Gasteiger partial charge in [0, 0.05) is 44.3 Å². The first kappa shape index (κ1) is 35.5. The van der Waals surface area contributed by atoms with E-state index in [1.807, 2.05) is 0 Å². The molecule has 6 heteroatoms. The second kappa shape index (κ2) is 21.4. The van der Waals surface area contributed by atoms with Crippen molar-refractivity contribution >= 4 is 5.97 Å². The minimum Gasteiger partial charge on any atom is -0.463 e. The van der Waals surface area contributed by atoms with Gasteiger partial charge in [-0.3, -0.25) is 0 Å². The average molecular weight is 615 g/mol. The van der Waals surface area contributed by atoms with Crippen LogP contribution >= 0.6 is 0 Å². The molecule has 1 aliphatic heterocycles. The lowest BCUT2D eigenvalue weighted by Gasteiger charge is -2.41. The fraction of sp³-hybridized carbons (Fsp3) is 0.868. The molecule has 0 aromatic rings. The Morgan fingerprint density at radius 1 is 0.636 bits per heavy atom. The Kier molecular flexibility index (Phi) is 17.3. The molecule has 0 spiro atoms. The van der Waals surface area contributed by atoms with Gasteiger partial charge in [-0.2, -0.15) is 0 Å². The summed E-state index contributed by atoms with van der Waals surface area (Å²) in [5, 5.41) is 0. The maximum atomic E-state index is 11.1. The molecule has 4 rings (SSSR count). The largest absolute Gasteiger partial charge is 0.463 e. The highest BCUT2D eigenvalue weighted by Gasteiger charge is 2.35. The van der Waals surface area contributed by atoms with E-state index in [1.54, 1.807) is 0 Å². The van der Waals surface area contributed by atoms with Crippen LogP contribution in [-0.2, 0) is 28.5 Å². The second-order valence-corrected chi connectivity index (χ2v) is 13.8. The zero-order valence-corrected chi connectivity index (χ0v) is 27.7. The van der Waals surface area contributed by atoms with E-state index < -0.39 is 0 Å². The van der Waals surface area contributed by atoms with Gasteiger partial charge in [0.2, 0.25) is 0 Å². The second-order valence-electron chi connectivity index (χ2n) is 13.8. The number of hydrogen-bond donors (Lipinski definition) is 0. The highest BCUT2D eigenvalue weighted by atomic mass is 16.7. The number of esters is 1. The topological polar surface area (TPSA) is 63.2 Å². The van der Waals surface area contributed by atoms with Gasteiger partial charge in [-0.25, -0.2) is 4.79 Å². The van der Waals surface area contributed by atoms with Gasteiger partial charge in [0.15, 0.2) is 6.29 Å². The summed E-state index contributed by atoms with van der Waals surface area (Å²) in [5.74, 6) is 10.0. The van der Waals surface area contributed by atoms with E-state index in [4.69, 9.17) is 23.7 Å². The summed E-state index contributed by atoms with van der Waals surface area (Å²) in [4.78, 5) is 11.1. The van der Waals surface area contributed by atoms with Crippen LogP contribution in [0.2, 0.25) is 0 Å². The summed E-state index contributed by atoms with van der Waals surface area (Å²) in [7, 11) is 0. The SMILES string of the molecule is C=CC(=O)OCCCCCCOC1CCC2CC(C#CC3CCC(OCCCCCCOC4CCCCO4)CC3)CCC2C1. The lowest BCUT2D eigenvalue weighted by Crippen LogP contribution is -2.34. The predicted octanol–water partition coefficient (Wildman–Crippen LogP) is 8.56. The van der Waals surface area contributed by atoms with Crippen molar-refractivity contribution in [3.8, 4) is 11.8 Å². The van der Waals surface area contributed by atoms with Gasteiger partial charge in [0.05, 0.1) is 18.8 Å². The van der Waals surface area contributed by atoms with E-state index in [-0.39, 0.29) is 12.3 Å². The van der Waals surface area contributed by atoms with Crippen LogP contribution in [0, 0.1) is 35.5 Å². The summed E-state index contributed by atoms with van der Waals surface area (Å²) >= 11 is 0. The van der Waals surface area contributed by atoms with Crippen molar-refractivity contribution in [2.24, 2.45) is 23.7 Å². The third-order valence-corrected chi connectivity index (χ3v) is 10.4. The summed E-state index contributed by atoms with van der Waals surface area (Å²) in [6.45, 7) is 7.37. The first-order chi connectivity index (χ1) is 21.7. The molecule has 5 unspecified atom stereocenters. The van der Waals surface area contributed by atoms with Crippen molar-refractivity contribution < 1.29 is 28.5 Å². The molecule has 0 bridgehead atoms. The molecule has 0 amide bonds. The van der Waals surface area contributed by atoms with E-state index in [9.17, 15) is 4.79 Å². The van der Waals surface area contributed by atoms with E-state index >= 15 is 0 Å². The van der Waals surface area contributed by atoms with Crippen molar-refractivity contribution in [1.82, 2.24) is 0 Å². The quantitative estimate of drug-likeness (QED) is 0.0667. The van der Waals surface area contributed by atoms with Crippen molar-refractivity contribution in [1.29, 1.82) is 0 Å². The fourth-order valence-electron chi connectivity index (χ4n) is 7.64. The number of unbranched alkanes of at least 4 members (excludes halogenated alkanes) is 6. The Bertz CT molecular complexity index is 849. The summed E-state index contributed by atoms with van der Waals surface area (Å²) in [6, 6.07) is 0. The van der Waals surface area contributed by atoms with Crippen LogP contribution in [-0.4, -0.2) is 57.5 Å². The highest BCUT2D eigenvalue weighted by molar-refractivity contribution is 5.81. The van der Waals surface area contributed by atoms with E-state index in [1.165, 1.54) is 96.0 Å². The van der Waals surface area contributed by atoms with E-state index in [0.717, 1.165) is 83.2 Å². The molecule has 6 nitrogen and oxygen atoms in total. The fourth-order valence-corrected chi connectivity index (χ4v) is 7.64. The van der Waals surface area contributed by atoms with Gasteiger partial charge in [0.1, 0.15) is 0 Å². The first-order valence-electron chi connectivity index (χ1n) is 18.5. The van der Waals surface area contributed by atoms with Crippen molar-refractivity contribution in [3.63, 3.8) is 0 Å². The van der Waals surface area contributed by atoms with Crippen LogP contribution < -0.4 is 0 Å². The Labute approximate surface area is 268 Å². The smallest absolute Gasteiger partial charge is 0.330 e. The molecule has 44 heavy (non-hydrogen) atoms. The van der Waals surface area contributed by atoms with Crippen LogP contribution in [0.4, 0.5) is 0 Å². The molecule has 1 heterocycles. The van der Waals surface area contributed by atoms with Crippen LogP contribution in [0.15, 0.2) is 12.7 Å². The number of carbonyl (C=O) groups is 1. The average Bonchev–Trinajstić information content (AvgIpc) is 3.07. The van der Waals surface area contributed by atoms with E-state index in [0.29, 0.717) is 30.7 Å². The third-order valence-electron chi connectivity index (χ3n) is 10.4. The zero-order valence-electron chi connectivity index (χ0n) is 27.7. The molecular weight excluding hydrogens is 552 g/mol. The number of fused-ring (bicyclic) bond motifs is 1. The van der Waals surface area contributed by atoms with Crippen LogP contribution in [0.25, 0.3) is 0 Å². The summed E-state index contributed by atoms with van der Waals surface area (Å²) in [5.41, 5.74) is 0. The number of ether oxygens (including phenoxy) is 5. The first-order valence-corrected chi connectivity index (χ1v) is 18.5. The molecule has 4 fully saturated rings. The lowest BCUT2D eigenvalue weighted by atomic mass is 9.67. The third kappa shape index (κ3) is 13.9. The van der Waals surface area contributed by atoms with Crippen LogP contribution in [0.3, 0.4) is 0 Å². The maximum absolute atomic E-state index is 11.1. The molecule has 3 saturated carbocycles. The standard InChI is InChI=1S/C38H62O6/c1-2-37(39)42-26-10-5-3-9-25-41-36-23-20-33-29-32(16-19-34(33)30-36)15-14-31-17-21-35(22-18-31)40-24-8-4-6-11-27-43-38-13-7-12-28-44-38/h2,31-36,38H,1,3-13,16-30H2. The maximum Gasteiger partial charge on any atom is 0.330 e. The molecule has 0 aromatic carbocycles. The molecule has 5 atom stereocenters. The molecule has 0 N–H and O–H groups in total. The lowest BCUT2D eigenvalue weighted by molar-refractivity contribution is -0.162. The molecule has 250 valence electrons. The van der Waals surface area contributed by atoms with Gasteiger partial charge < -0.3 is 23.7 Å². The molecule has 1 saturated heterocycles. The molecular formula is C38H62O6. The molecule has 3 aliphatic carbocycles. The van der Waals surface area contributed by atoms with Gasteiger partial charge in [0.25, 0.3) is 0 Å². The Balaban J connectivity index is 0.967. The number of rotatable bonds is 18. The van der Waals surface area contributed by atoms with Crippen molar-refractivity contribution in [3.05, 3.63) is 12.7 Å². The van der Waals surface area contributed by atoms with Gasteiger partial charge in [-0.1, -0.05) is 37.7 Å². The normalized spacial score (nSPS) is 30.5. The Hall–Kier alpha value is -1.39. The minimum atomic E-state index is -0.325. The summed E-state index contributed by atoms with van der Waals surface area (Å²) < 4.78 is 29.0. The van der Waals surface area contributed by atoms with Gasteiger partial charge in [-0.15, -0.1) is 0 Å². The summed E-state index contributed by atoms with van der Waals surface area (Å²) in [6.07, 6.45) is 27.1. The molecule has 0 aromatic heterocycles. The molecule has 4 aliphatic rings.